The minimum absolute atomic E-state index is 0.263. The van der Waals surface area contributed by atoms with E-state index in [0.29, 0.717) is 6.04 Å². The molecule has 1 rings (SSSR count). The van der Waals surface area contributed by atoms with Crippen LogP contribution in [-0.2, 0) is 11.3 Å². The first-order chi connectivity index (χ1) is 8.93. The molecule has 0 fully saturated rings. The molecular weight excluding hydrogens is 238 g/mol. The molecule has 0 bridgehead atoms. The fraction of sp³-hybridized carbons (Fsp3) is 0.533. The molecule has 106 valence electrons. The maximum absolute atomic E-state index is 11.0. The highest BCUT2D eigenvalue weighted by atomic mass is 16.1. The van der Waals surface area contributed by atoms with Gasteiger partial charge in [-0.05, 0) is 37.1 Å². The average molecular weight is 263 g/mol. The summed E-state index contributed by atoms with van der Waals surface area (Å²) in [6.07, 6.45) is 0. The lowest BCUT2D eigenvalue weighted by molar-refractivity contribution is -0.116. The van der Waals surface area contributed by atoms with Crippen LogP contribution in [0.1, 0.15) is 31.9 Å². The van der Waals surface area contributed by atoms with Gasteiger partial charge in [0.25, 0.3) is 0 Å². The zero-order valence-corrected chi connectivity index (χ0v) is 12.4. The van der Waals surface area contributed by atoms with Crippen LogP contribution in [0.15, 0.2) is 18.2 Å². The molecule has 4 nitrogen and oxygen atoms in total. The highest BCUT2D eigenvalue weighted by Gasteiger charge is 2.09. The van der Waals surface area contributed by atoms with Crippen molar-refractivity contribution in [2.45, 2.75) is 40.3 Å². The van der Waals surface area contributed by atoms with E-state index in [9.17, 15) is 4.79 Å². The lowest BCUT2D eigenvalue weighted by Crippen LogP contribution is -2.33. The third-order valence-corrected chi connectivity index (χ3v) is 3.12. The van der Waals surface area contributed by atoms with Gasteiger partial charge in [0.1, 0.15) is 0 Å². The Morgan fingerprint density at radius 1 is 1.42 bits per heavy atom. The Hall–Kier alpha value is -1.55. The summed E-state index contributed by atoms with van der Waals surface area (Å²) in [5.41, 5.74) is 8.83. The molecule has 19 heavy (non-hydrogen) atoms. The SMILES string of the molecule is CCN(CC(N)=O)c1ccc(CNC(C)C)c(C)c1. The van der Waals surface area contributed by atoms with Gasteiger partial charge in [-0.25, -0.2) is 0 Å². The summed E-state index contributed by atoms with van der Waals surface area (Å²) >= 11 is 0. The normalized spacial score (nSPS) is 10.8. The van der Waals surface area contributed by atoms with Gasteiger partial charge in [-0.3, -0.25) is 4.79 Å². The molecular formula is C15H25N3O. The predicted octanol–water partition coefficient (Wildman–Crippen LogP) is 1.80. The fourth-order valence-electron chi connectivity index (χ4n) is 1.96. The second-order valence-corrected chi connectivity index (χ2v) is 5.13. The first-order valence-electron chi connectivity index (χ1n) is 6.80. The van der Waals surface area contributed by atoms with Gasteiger partial charge in [0, 0.05) is 24.8 Å². The third-order valence-electron chi connectivity index (χ3n) is 3.12. The molecule has 0 aliphatic carbocycles. The van der Waals surface area contributed by atoms with Crippen LogP contribution in [0, 0.1) is 6.92 Å². The van der Waals surface area contributed by atoms with E-state index < -0.39 is 0 Å². The minimum atomic E-state index is -0.301. The highest BCUT2D eigenvalue weighted by molar-refractivity contribution is 5.79. The van der Waals surface area contributed by atoms with Crippen molar-refractivity contribution in [2.75, 3.05) is 18.0 Å². The second kappa shape index (κ2) is 7.14. The number of hydrogen-bond donors (Lipinski definition) is 2. The number of carbonyl (C=O) groups is 1. The molecule has 0 aromatic heterocycles. The van der Waals surface area contributed by atoms with E-state index in [2.05, 4.69) is 44.3 Å². The lowest BCUT2D eigenvalue weighted by atomic mass is 10.1. The molecule has 0 aliphatic rings. The van der Waals surface area contributed by atoms with Gasteiger partial charge < -0.3 is 16.0 Å². The van der Waals surface area contributed by atoms with E-state index in [4.69, 9.17) is 5.73 Å². The lowest BCUT2D eigenvalue weighted by Gasteiger charge is -2.22. The van der Waals surface area contributed by atoms with Gasteiger partial charge in [0.15, 0.2) is 0 Å². The number of primary amides is 1. The van der Waals surface area contributed by atoms with Crippen LogP contribution >= 0.6 is 0 Å². The van der Waals surface area contributed by atoms with Crippen LogP contribution < -0.4 is 16.0 Å². The van der Waals surface area contributed by atoms with E-state index in [1.807, 2.05) is 11.8 Å². The number of anilines is 1. The number of carbonyl (C=O) groups excluding carboxylic acids is 1. The quantitative estimate of drug-likeness (QED) is 0.788. The summed E-state index contributed by atoms with van der Waals surface area (Å²) in [4.78, 5) is 13.0. The Labute approximate surface area is 116 Å². The smallest absolute Gasteiger partial charge is 0.236 e. The molecule has 0 saturated carbocycles. The van der Waals surface area contributed by atoms with Crippen molar-refractivity contribution in [1.82, 2.24) is 5.32 Å². The first-order valence-corrected chi connectivity index (χ1v) is 6.80. The van der Waals surface area contributed by atoms with Gasteiger partial charge >= 0.3 is 0 Å². The average Bonchev–Trinajstić information content (AvgIpc) is 2.34. The summed E-state index contributed by atoms with van der Waals surface area (Å²) in [6.45, 7) is 10.3. The third kappa shape index (κ3) is 4.91. The largest absolute Gasteiger partial charge is 0.368 e. The molecule has 1 amide bonds. The van der Waals surface area contributed by atoms with E-state index in [-0.39, 0.29) is 12.5 Å². The number of nitrogens with two attached hydrogens (primary N) is 1. The van der Waals surface area contributed by atoms with Crippen molar-refractivity contribution >= 4 is 11.6 Å². The molecule has 1 aromatic rings. The van der Waals surface area contributed by atoms with Crippen LogP contribution in [0.3, 0.4) is 0 Å². The Balaban J connectivity index is 2.82. The van der Waals surface area contributed by atoms with Crippen LogP contribution in [0.5, 0.6) is 0 Å². The van der Waals surface area contributed by atoms with Gasteiger partial charge in [-0.1, -0.05) is 19.9 Å². The van der Waals surface area contributed by atoms with Crippen LogP contribution in [-0.4, -0.2) is 25.0 Å². The highest BCUT2D eigenvalue weighted by Crippen LogP contribution is 2.19. The molecule has 1 aromatic carbocycles. The molecule has 0 aliphatic heterocycles. The predicted molar refractivity (Wildman–Crippen MR) is 80.2 cm³/mol. The topological polar surface area (TPSA) is 58.4 Å². The van der Waals surface area contributed by atoms with E-state index in [0.717, 1.165) is 18.8 Å². The van der Waals surface area contributed by atoms with E-state index in [1.54, 1.807) is 0 Å². The van der Waals surface area contributed by atoms with Crippen LogP contribution in [0.4, 0.5) is 5.69 Å². The number of likely N-dealkylation sites (N-methyl/N-ethyl adjacent to an activating group) is 1. The number of benzene rings is 1. The Morgan fingerprint density at radius 3 is 2.58 bits per heavy atom. The number of aryl methyl sites for hydroxylation is 1. The van der Waals surface area contributed by atoms with Crippen molar-refractivity contribution in [3.8, 4) is 0 Å². The summed E-state index contributed by atoms with van der Waals surface area (Å²) in [6, 6.07) is 6.76. The van der Waals surface area contributed by atoms with E-state index in [1.165, 1.54) is 11.1 Å². The molecule has 0 atom stereocenters. The molecule has 0 heterocycles. The molecule has 0 spiro atoms. The number of amides is 1. The number of hydrogen-bond acceptors (Lipinski definition) is 3. The number of nitrogens with zero attached hydrogens (tertiary/aromatic N) is 1. The molecule has 4 heteroatoms. The zero-order valence-electron chi connectivity index (χ0n) is 12.4. The van der Waals surface area contributed by atoms with Crippen molar-refractivity contribution in [1.29, 1.82) is 0 Å². The standard InChI is InChI=1S/C15H25N3O/c1-5-18(10-15(16)19)14-7-6-13(12(4)8-14)9-17-11(2)3/h6-8,11,17H,5,9-10H2,1-4H3,(H2,16,19). The van der Waals surface area contributed by atoms with Crippen molar-refractivity contribution in [3.63, 3.8) is 0 Å². The minimum Gasteiger partial charge on any atom is -0.368 e. The van der Waals surface area contributed by atoms with Crippen LogP contribution in [0.25, 0.3) is 0 Å². The number of nitrogens with one attached hydrogen (secondary N) is 1. The van der Waals surface area contributed by atoms with Gasteiger partial charge in [0.05, 0.1) is 6.54 Å². The Bertz CT molecular complexity index is 429. The number of rotatable bonds is 7. The Morgan fingerprint density at radius 2 is 2.11 bits per heavy atom. The van der Waals surface area contributed by atoms with Crippen LogP contribution in [0.2, 0.25) is 0 Å². The second-order valence-electron chi connectivity index (χ2n) is 5.13. The summed E-state index contributed by atoms with van der Waals surface area (Å²) in [5.74, 6) is -0.301. The van der Waals surface area contributed by atoms with Gasteiger partial charge in [-0.15, -0.1) is 0 Å². The maximum atomic E-state index is 11.0. The van der Waals surface area contributed by atoms with Gasteiger partial charge in [0.2, 0.25) is 5.91 Å². The zero-order chi connectivity index (χ0) is 14.4. The monoisotopic (exact) mass is 263 g/mol. The van der Waals surface area contributed by atoms with E-state index >= 15 is 0 Å². The van der Waals surface area contributed by atoms with Crippen molar-refractivity contribution in [3.05, 3.63) is 29.3 Å². The van der Waals surface area contributed by atoms with Crippen molar-refractivity contribution < 1.29 is 4.79 Å². The molecule has 0 radical (unpaired) electrons. The Kier molecular flexibility index (Phi) is 5.83. The molecule has 3 N–H and O–H groups in total. The molecule has 0 saturated heterocycles. The van der Waals surface area contributed by atoms with Crippen molar-refractivity contribution in [2.24, 2.45) is 5.73 Å². The fourth-order valence-corrected chi connectivity index (χ4v) is 1.96. The summed E-state index contributed by atoms with van der Waals surface area (Å²) in [7, 11) is 0. The van der Waals surface area contributed by atoms with Gasteiger partial charge in [-0.2, -0.15) is 0 Å². The first kappa shape index (κ1) is 15.5. The summed E-state index contributed by atoms with van der Waals surface area (Å²) in [5, 5.41) is 3.41. The maximum Gasteiger partial charge on any atom is 0.236 e. The molecule has 0 unspecified atom stereocenters. The summed E-state index contributed by atoms with van der Waals surface area (Å²) < 4.78 is 0.